The first-order valence-corrected chi connectivity index (χ1v) is 9.28. The van der Waals surface area contributed by atoms with Gasteiger partial charge in [-0.05, 0) is 43.8 Å². The van der Waals surface area contributed by atoms with Gasteiger partial charge in [0.25, 0.3) is 0 Å². The number of benzene rings is 1. The summed E-state index contributed by atoms with van der Waals surface area (Å²) in [6.07, 6.45) is 0.742. The molecule has 3 nitrogen and oxygen atoms in total. The Balaban J connectivity index is 2.22. The lowest BCUT2D eigenvalue weighted by Crippen LogP contribution is -2.41. The van der Waals surface area contributed by atoms with Gasteiger partial charge >= 0.3 is 0 Å². The van der Waals surface area contributed by atoms with Crippen molar-refractivity contribution < 1.29 is 9.29 Å². The number of hydrogen-bond donors (Lipinski definition) is 1. The molecule has 2 atom stereocenters. The van der Waals surface area contributed by atoms with Crippen LogP contribution in [0.3, 0.4) is 0 Å². The normalized spacial score (nSPS) is 14.6. The van der Waals surface area contributed by atoms with E-state index in [1.54, 1.807) is 18.4 Å². The largest absolute Gasteiger partial charge is 0.598 e. The molecular weight excluding hydrogens is 314 g/mol. The number of nitrogens with one attached hydrogen (secondary N) is 1. The second kappa shape index (κ2) is 7.51. The van der Waals surface area contributed by atoms with Gasteiger partial charge in [-0.2, -0.15) is 0 Å². The highest BCUT2D eigenvalue weighted by atomic mass is 32.2. The molecule has 0 fully saturated rings. The average Bonchev–Trinajstić information content (AvgIpc) is 3.00. The van der Waals surface area contributed by atoms with E-state index in [0.29, 0.717) is 0 Å². The summed E-state index contributed by atoms with van der Waals surface area (Å²) < 4.78 is 20.9. The van der Waals surface area contributed by atoms with Crippen molar-refractivity contribution in [3.8, 4) is 5.75 Å². The molecule has 2 unspecified atom stereocenters. The molecule has 0 aliphatic rings. The topological polar surface area (TPSA) is 44.3 Å². The average molecular weight is 338 g/mol. The zero-order valence-corrected chi connectivity index (χ0v) is 15.1. The number of ether oxygens (including phenoxy) is 1. The van der Waals surface area contributed by atoms with Crippen molar-refractivity contribution in [3.63, 3.8) is 0 Å². The van der Waals surface area contributed by atoms with Gasteiger partial charge < -0.3 is 9.29 Å². The number of hydrogen-bond acceptors (Lipinski definition) is 4. The van der Waals surface area contributed by atoms with Crippen LogP contribution in [-0.4, -0.2) is 16.4 Å². The second-order valence-corrected chi connectivity index (χ2v) is 9.06. The van der Waals surface area contributed by atoms with E-state index >= 15 is 0 Å². The van der Waals surface area contributed by atoms with Gasteiger partial charge in [0.15, 0.2) is 0 Å². The van der Waals surface area contributed by atoms with Gasteiger partial charge in [0.1, 0.15) is 10.5 Å². The molecule has 1 aromatic carbocycles. The summed E-state index contributed by atoms with van der Waals surface area (Å²) in [5, 5.41) is 2.05. The maximum absolute atomic E-state index is 12.5. The molecule has 1 aromatic heterocycles. The monoisotopic (exact) mass is 337 g/mol. The molecule has 0 saturated carbocycles. The first kappa shape index (κ1) is 17.3. The first-order chi connectivity index (χ1) is 10.4. The fourth-order valence-electron chi connectivity index (χ4n) is 2.09. The molecule has 22 heavy (non-hydrogen) atoms. The van der Waals surface area contributed by atoms with Crippen LogP contribution in [0.5, 0.6) is 5.75 Å². The Morgan fingerprint density at radius 2 is 1.95 bits per heavy atom. The zero-order valence-electron chi connectivity index (χ0n) is 13.5. The highest BCUT2D eigenvalue weighted by Gasteiger charge is 2.30. The number of thiophene rings is 1. The van der Waals surface area contributed by atoms with E-state index in [4.69, 9.17) is 4.74 Å². The second-order valence-electron chi connectivity index (χ2n) is 6.08. The van der Waals surface area contributed by atoms with E-state index in [1.165, 1.54) is 4.88 Å². The predicted molar refractivity (Wildman–Crippen MR) is 94.8 cm³/mol. The molecule has 2 aromatic rings. The lowest BCUT2D eigenvalue weighted by molar-refractivity contribution is 0.407. The highest BCUT2D eigenvalue weighted by Crippen LogP contribution is 2.29. The third kappa shape index (κ3) is 4.49. The van der Waals surface area contributed by atoms with E-state index in [9.17, 15) is 4.55 Å². The van der Waals surface area contributed by atoms with Crippen molar-refractivity contribution >= 4 is 22.7 Å². The summed E-state index contributed by atoms with van der Waals surface area (Å²) in [6.45, 7) is 5.93. The molecule has 1 heterocycles. The van der Waals surface area contributed by atoms with Gasteiger partial charge in [0, 0.05) is 22.7 Å². The van der Waals surface area contributed by atoms with E-state index in [0.717, 1.165) is 17.7 Å². The van der Waals surface area contributed by atoms with Gasteiger partial charge in [0.2, 0.25) is 0 Å². The van der Waals surface area contributed by atoms with Gasteiger partial charge in [-0.25, -0.2) is 0 Å². The molecule has 5 heteroatoms. The zero-order chi connectivity index (χ0) is 16.2. The molecule has 120 valence electrons. The fraction of sp³-hybridized carbons (Fsp3) is 0.412. The number of para-hydroxylation sites is 1. The molecular formula is C17H23NO2S2. The van der Waals surface area contributed by atoms with Crippen molar-refractivity contribution in [2.45, 2.75) is 38.0 Å². The standard InChI is InChI=1S/C17H23NO2S2/c1-17(2,3)22(19)18-14(16-10-7-11-21-16)12-13-8-5-6-9-15(13)20-4/h5-11,14,18H,12H2,1-4H3. The minimum atomic E-state index is -1.12. The van der Waals surface area contributed by atoms with Crippen LogP contribution in [0.2, 0.25) is 0 Å². The third-order valence-electron chi connectivity index (χ3n) is 3.31. The SMILES string of the molecule is COc1ccccc1CC(N[S+]([O-])C(C)(C)C)c1cccs1. The number of rotatable bonds is 6. The lowest BCUT2D eigenvalue weighted by atomic mass is 10.0. The van der Waals surface area contributed by atoms with Crippen LogP contribution in [0.1, 0.15) is 37.3 Å². The Morgan fingerprint density at radius 3 is 2.55 bits per heavy atom. The number of methoxy groups -OCH3 is 1. The molecule has 2 rings (SSSR count). The molecule has 0 spiro atoms. The van der Waals surface area contributed by atoms with Crippen LogP contribution >= 0.6 is 11.3 Å². The van der Waals surface area contributed by atoms with Gasteiger partial charge in [-0.3, -0.25) is 0 Å². The van der Waals surface area contributed by atoms with Gasteiger partial charge in [-0.1, -0.05) is 24.3 Å². The maximum atomic E-state index is 12.5. The van der Waals surface area contributed by atoms with E-state index in [2.05, 4.69) is 16.9 Å². The van der Waals surface area contributed by atoms with Crippen molar-refractivity contribution in [2.24, 2.45) is 0 Å². The Bertz CT molecular complexity index is 579. The molecule has 0 amide bonds. The van der Waals surface area contributed by atoms with E-state index in [1.807, 2.05) is 50.4 Å². The van der Waals surface area contributed by atoms with Crippen LogP contribution in [0.25, 0.3) is 0 Å². The predicted octanol–water partition coefficient (Wildman–Crippen LogP) is 4.09. The Kier molecular flexibility index (Phi) is 5.92. The van der Waals surface area contributed by atoms with Crippen LogP contribution in [-0.2, 0) is 17.8 Å². The van der Waals surface area contributed by atoms with E-state index < -0.39 is 11.4 Å². The van der Waals surface area contributed by atoms with Gasteiger partial charge in [-0.15, -0.1) is 16.1 Å². The lowest BCUT2D eigenvalue weighted by Gasteiger charge is -2.28. The summed E-state index contributed by atoms with van der Waals surface area (Å²) in [6, 6.07) is 12.1. The molecule has 0 saturated heterocycles. The summed E-state index contributed by atoms with van der Waals surface area (Å²) in [5.74, 6) is 0.868. The Hall–Kier alpha value is -1.01. The molecule has 1 N–H and O–H groups in total. The fourth-order valence-corrected chi connectivity index (χ4v) is 3.76. The minimum absolute atomic E-state index is 0.0105. The van der Waals surface area contributed by atoms with Crippen LogP contribution in [0.4, 0.5) is 0 Å². The summed E-state index contributed by atoms with van der Waals surface area (Å²) in [7, 11) is 1.68. The van der Waals surface area contributed by atoms with Crippen molar-refractivity contribution in [3.05, 3.63) is 52.2 Å². The Morgan fingerprint density at radius 1 is 1.23 bits per heavy atom. The first-order valence-electron chi connectivity index (χ1n) is 7.25. The van der Waals surface area contributed by atoms with Gasteiger partial charge in [0.05, 0.1) is 13.2 Å². The van der Waals surface area contributed by atoms with Crippen molar-refractivity contribution in [2.75, 3.05) is 7.11 Å². The Labute approximate surface area is 140 Å². The molecule has 0 aliphatic carbocycles. The van der Waals surface area contributed by atoms with E-state index in [-0.39, 0.29) is 10.8 Å². The van der Waals surface area contributed by atoms with Crippen LogP contribution in [0.15, 0.2) is 41.8 Å². The van der Waals surface area contributed by atoms with Crippen LogP contribution < -0.4 is 9.46 Å². The van der Waals surface area contributed by atoms with Crippen molar-refractivity contribution in [1.29, 1.82) is 0 Å². The quantitative estimate of drug-likeness (QED) is 0.807. The smallest absolute Gasteiger partial charge is 0.136 e. The summed E-state index contributed by atoms with van der Waals surface area (Å²) in [4.78, 5) is 1.18. The third-order valence-corrected chi connectivity index (χ3v) is 5.91. The van der Waals surface area contributed by atoms with Crippen LogP contribution in [0, 0.1) is 0 Å². The molecule has 0 bridgehead atoms. The summed E-state index contributed by atoms with van der Waals surface area (Å²) in [5.41, 5.74) is 1.11. The molecule has 0 aliphatic heterocycles. The molecule has 0 radical (unpaired) electrons. The summed E-state index contributed by atoms with van der Waals surface area (Å²) >= 11 is 0.560. The maximum Gasteiger partial charge on any atom is 0.136 e. The highest BCUT2D eigenvalue weighted by molar-refractivity contribution is 7.90. The minimum Gasteiger partial charge on any atom is -0.598 e. The van der Waals surface area contributed by atoms with Crippen molar-refractivity contribution in [1.82, 2.24) is 4.72 Å².